The lowest BCUT2D eigenvalue weighted by atomic mass is 9.98. The van der Waals surface area contributed by atoms with Crippen molar-refractivity contribution in [3.63, 3.8) is 0 Å². The third-order valence-corrected chi connectivity index (χ3v) is 5.80. The molecule has 1 amide bonds. The van der Waals surface area contributed by atoms with E-state index in [2.05, 4.69) is 15.3 Å². The van der Waals surface area contributed by atoms with Crippen molar-refractivity contribution in [2.45, 2.75) is 38.3 Å². The molecule has 0 saturated carbocycles. The van der Waals surface area contributed by atoms with Crippen LogP contribution in [0.15, 0.2) is 36.8 Å². The number of carbonyl (C=O) groups is 1. The van der Waals surface area contributed by atoms with Crippen molar-refractivity contribution in [3.05, 3.63) is 53.9 Å². The molecule has 1 fully saturated rings. The summed E-state index contributed by atoms with van der Waals surface area (Å²) in [5.41, 5.74) is 4.08. The van der Waals surface area contributed by atoms with E-state index in [1.54, 1.807) is 6.33 Å². The van der Waals surface area contributed by atoms with Crippen LogP contribution in [0.5, 0.6) is 0 Å². The average molecular weight is 376 g/mol. The number of aromatic nitrogens is 4. The highest BCUT2D eigenvalue weighted by Gasteiger charge is 2.25. The molecule has 2 aromatic heterocycles. The predicted octanol–water partition coefficient (Wildman–Crippen LogP) is 1.88. The molecule has 7 nitrogen and oxygen atoms in total. The molecular weight excluding hydrogens is 352 g/mol. The molecule has 0 bridgehead atoms. The van der Waals surface area contributed by atoms with Crippen LogP contribution in [0, 0.1) is 0 Å². The fraction of sp³-hybridized carbons (Fsp3) is 0.429. The van der Waals surface area contributed by atoms with Crippen molar-refractivity contribution in [3.8, 4) is 0 Å². The lowest BCUT2D eigenvalue weighted by Gasteiger charge is -2.29. The smallest absolute Gasteiger partial charge is 0.242 e. The maximum absolute atomic E-state index is 12.9. The third kappa shape index (κ3) is 3.26. The molecular formula is C21H24N6O. The first-order valence-corrected chi connectivity index (χ1v) is 10.0. The van der Waals surface area contributed by atoms with Gasteiger partial charge in [-0.15, -0.1) is 0 Å². The molecule has 0 aliphatic carbocycles. The summed E-state index contributed by atoms with van der Waals surface area (Å²) in [5, 5.41) is 3.43. The van der Waals surface area contributed by atoms with Crippen LogP contribution in [0.25, 0.3) is 11.0 Å². The Labute approximate surface area is 163 Å². The molecule has 4 heterocycles. The number of rotatable bonds is 3. The Bertz CT molecular complexity index is 1010. The maximum atomic E-state index is 12.9. The first-order chi connectivity index (χ1) is 13.8. The van der Waals surface area contributed by atoms with Gasteiger partial charge in [0.05, 0.1) is 23.1 Å². The number of nitrogens with zero attached hydrogens (tertiary/aromatic N) is 5. The van der Waals surface area contributed by atoms with Gasteiger partial charge in [0, 0.05) is 43.7 Å². The highest BCUT2D eigenvalue weighted by molar-refractivity contribution is 5.80. The zero-order valence-corrected chi connectivity index (χ0v) is 15.8. The number of nitrogens with one attached hydrogen (secondary N) is 1. The van der Waals surface area contributed by atoms with E-state index in [9.17, 15) is 4.79 Å². The first kappa shape index (κ1) is 17.3. The van der Waals surface area contributed by atoms with Crippen molar-refractivity contribution in [2.24, 2.45) is 0 Å². The molecule has 0 spiro atoms. The topological polar surface area (TPSA) is 75.9 Å². The molecule has 1 atom stereocenters. The second-order valence-corrected chi connectivity index (χ2v) is 7.67. The van der Waals surface area contributed by atoms with Crippen molar-refractivity contribution in [2.75, 3.05) is 19.6 Å². The maximum Gasteiger partial charge on any atom is 0.242 e. The Kier molecular flexibility index (Phi) is 4.52. The van der Waals surface area contributed by atoms with Crippen molar-refractivity contribution >= 4 is 16.9 Å². The number of para-hydroxylation sites is 2. The van der Waals surface area contributed by atoms with Crippen molar-refractivity contribution in [1.29, 1.82) is 0 Å². The van der Waals surface area contributed by atoms with Gasteiger partial charge in [-0.3, -0.25) is 4.79 Å². The molecule has 144 valence electrons. The largest absolute Gasteiger partial charge is 0.336 e. The fourth-order valence-electron chi connectivity index (χ4n) is 4.20. The highest BCUT2D eigenvalue weighted by Crippen LogP contribution is 2.23. The van der Waals surface area contributed by atoms with Crippen molar-refractivity contribution in [1.82, 2.24) is 29.7 Å². The van der Waals surface area contributed by atoms with Gasteiger partial charge in [0.25, 0.3) is 0 Å². The van der Waals surface area contributed by atoms with Crippen LogP contribution in [0.2, 0.25) is 0 Å². The minimum absolute atomic E-state index is 0.106. The summed E-state index contributed by atoms with van der Waals surface area (Å²) >= 11 is 0. The third-order valence-electron chi connectivity index (χ3n) is 5.80. The zero-order chi connectivity index (χ0) is 18.9. The summed E-state index contributed by atoms with van der Waals surface area (Å²) in [6.45, 7) is 3.65. The number of amides is 1. The van der Waals surface area contributed by atoms with Crippen LogP contribution in [-0.2, 0) is 24.3 Å². The van der Waals surface area contributed by atoms with Gasteiger partial charge in [-0.25, -0.2) is 15.0 Å². The van der Waals surface area contributed by atoms with Gasteiger partial charge in [0.1, 0.15) is 12.4 Å². The monoisotopic (exact) mass is 376 g/mol. The number of carbonyl (C=O) groups excluding carboxylic acids is 1. The Morgan fingerprint density at radius 2 is 2.18 bits per heavy atom. The molecule has 5 rings (SSSR count). The molecule has 0 radical (unpaired) electrons. The van der Waals surface area contributed by atoms with E-state index in [0.29, 0.717) is 25.6 Å². The number of imidazole rings is 1. The normalized spacial score (nSPS) is 19.6. The van der Waals surface area contributed by atoms with Gasteiger partial charge < -0.3 is 14.8 Å². The molecule has 1 saturated heterocycles. The lowest BCUT2D eigenvalue weighted by molar-refractivity contribution is -0.132. The number of hydrogen-bond acceptors (Lipinski definition) is 5. The van der Waals surface area contributed by atoms with Gasteiger partial charge >= 0.3 is 0 Å². The van der Waals surface area contributed by atoms with Crippen LogP contribution in [-0.4, -0.2) is 50.0 Å². The highest BCUT2D eigenvalue weighted by atomic mass is 16.2. The van der Waals surface area contributed by atoms with Gasteiger partial charge in [0.2, 0.25) is 5.91 Å². The summed E-state index contributed by atoms with van der Waals surface area (Å²) in [7, 11) is 0. The number of fused-ring (bicyclic) bond motifs is 2. The second-order valence-electron chi connectivity index (χ2n) is 7.67. The quantitative estimate of drug-likeness (QED) is 0.755. The summed E-state index contributed by atoms with van der Waals surface area (Å²) in [4.78, 5) is 28.6. The van der Waals surface area contributed by atoms with Crippen LogP contribution >= 0.6 is 0 Å². The molecule has 0 unspecified atom stereocenters. The molecule has 7 heteroatoms. The zero-order valence-electron chi connectivity index (χ0n) is 15.8. The first-order valence-electron chi connectivity index (χ1n) is 10.0. The summed E-state index contributed by atoms with van der Waals surface area (Å²) < 4.78 is 1.92. The Balaban J connectivity index is 1.29. The van der Waals surface area contributed by atoms with Gasteiger partial charge in [0.15, 0.2) is 0 Å². The van der Waals surface area contributed by atoms with Crippen LogP contribution in [0.4, 0.5) is 0 Å². The van der Waals surface area contributed by atoms with E-state index in [4.69, 9.17) is 4.98 Å². The Hall–Kier alpha value is -2.80. The summed E-state index contributed by atoms with van der Waals surface area (Å²) in [6.07, 6.45) is 6.79. The minimum atomic E-state index is 0.106. The predicted molar refractivity (Wildman–Crippen MR) is 106 cm³/mol. The van der Waals surface area contributed by atoms with E-state index >= 15 is 0 Å². The van der Waals surface area contributed by atoms with Gasteiger partial charge in [-0.2, -0.15) is 0 Å². The lowest BCUT2D eigenvalue weighted by Crippen LogP contribution is -2.38. The molecule has 2 aliphatic rings. The van der Waals surface area contributed by atoms with Gasteiger partial charge in [-0.05, 0) is 31.5 Å². The minimum Gasteiger partial charge on any atom is -0.336 e. The van der Waals surface area contributed by atoms with E-state index in [1.165, 1.54) is 6.42 Å². The molecule has 1 aromatic carbocycles. The van der Waals surface area contributed by atoms with E-state index in [-0.39, 0.29) is 5.91 Å². The van der Waals surface area contributed by atoms with E-state index in [0.717, 1.165) is 54.0 Å². The Morgan fingerprint density at radius 1 is 1.25 bits per heavy atom. The van der Waals surface area contributed by atoms with Crippen LogP contribution < -0.4 is 5.32 Å². The standard InChI is InChI=1S/C21H24N6O/c28-20(13-27-14-24-18-5-1-2-6-19(18)27)26-9-7-17-16(12-26)11-23-21(25-17)15-4-3-8-22-10-15/h1-2,5-6,11,14-15,22H,3-4,7-10,12-13H2/t15-/m0/s1. The summed E-state index contributed by atoms with van der Waals surface area (Å²) in [6, 6.07) is 7.89. The molecule has 3 aromatic rings. The second kappa shape index (κ2) is 7.31. The number of piperidine rings is 1. The number of benzene rings is 1. The SMILES string of the molecule is O=C(Cn1cnc2ccccc21)N1CCc2nc([C@H]3CCCNC3)ncc2C1. The number of hydrogen-bond donors (Lipinski definition) is 1. The van der Waals surface area contributed by atoms with Crippen molar-refractivity contribution < 1.29 is 4.79 Å². The van der Waals surface area contributed by atoms with Crippen LogP contribution in [0.3, 0.4) is 0 Å². The molecule has 1 N–H and O–H groups in total. The summed E-state index contributed by atoms with van der Waals surface area (Å²) in [5.74, 6) is 1.47. The van der Waals surface area contributed by atoms with Crippen LogP contribution in [0.1, 0.15) is 35.8 Å². The van der Waals surface area contributed by atoms with E-state index < -0.39 is 0 Å². The molecule has 2 aliphatic heterocycles. The Morgan fingerprint density at radius 3 is 3.07 bits per heavy atom. The van der Waals surface area contributed by atoms with Gasteiger partial charge in [-0.1, -0.05) is 12.1 Å². The fourth-order valence-corrected chi connectivity index (χ4v) is 4.20. The van der Waals surface area contributed by atoms with E-state index in [1.807, 2.05) is 39.9 Å². The average Bonchev–Trinajstić information content (AvgIpc) is 3.16. The molecule has 28 heavy (non-hydrogen) atoms.